The third-order valence-corrected chi connectivity index (χ3v) is 7.13. The highest BCUT2D eigenvalue weighted by Gasteiger charge is 2.17. The zero-order chi connectivity index (χ0) is 32.9. The van der Waals surface area contributed by atoms with E-state index in [1.807, 2.05) is 88.0 Å². The van der Waals surface area contributed by atoms with Gasteiger partial charge in [-0.2, -0.15) is 0 Å². The minimum Gasteiger partial charge on any atom is -0.309 e. The minimum absolute atomic E-state index is 0.0853. The van der Waals surface area contributed by atoms with Gasteiger partial charge in [-0.1, -0.05) is 103 Å². The van der Waals surface area contributed by atoms with Crippen LogP contribution in [0, 0.1) is 0 Å². The molecule has 8 aromatic rings. The Morgan fingerprint density at radius 3 is 1.92 bits per heavy atom. The first-order valence-corrected chi connectivity index (χ1v) is 12.3. The van der Waals surface area contributed by atoms with Gasteiger partial charge >= 0.3 is 0 Å². The molecule has 0 unspecified atom stereocenters. The maximum atomic E-state index is 8.86. The highest BCUT2D eigenvalue weighted by atomic mass is 15.0. The molecule has 2 heteroatoms. The summed E-state index contributed by atoms with van der Waals surface area (Å²) in [5.74, 6) is 0. The van der Waals surface area contributed by atoms with Crippen LogP contribution in [0.5, 0.6) is 0 Å². The molecule has 178 valence electrons. The summed E-state index contributed by atoms with van der Waals surface area (Å²) in [5, 5.41) is 2.98. The molecule has 2 heterocycles. The van der Waals surface area contributed by atoms with E-state index in [1.165, 1.54) is 0 Å². The predicted molar refractivity (Wildman–Crippen MR) is 161 cm³/mol. The summed E-state index contributed by atoms with van der Waals surface area (Å²) in [4.78, 5) is 0. The van der Waals surface area contributed by atoms with Crippen LogP contribution >= 0.6 is 0 Å². The van der Waals surface area contributed by atoms with Crippen molar-refractivity contribution in [3.8, 4) is 22.5 Å². The van der Waals surface area contributed by atoms with Crippen LogP contribution in [-0.4, -0.2) is 9.13 Å². The molecule has 6 aromatic carbocycles. The van der Waals surface area contributed by atoms with Gasteiger partial charge in [-0.3, -0.25) is 0 Å². The smallest absolute Gasteiger partial charge is 0.0645 e. The lowest BCUT2D eigenvalue weighted by molar-refractivity contribution is 1.17. The van der Waals surface area contributed by atoms with Crippen LogP contribution in [0.25, 0.3) is 66.1 Å². The van der Waals surface area contributed by atoms with Crippen LogP contribution in [0.3, 0.4) is 0 Å². The Hall–Kier alpha value is -5.08. The SMILES string of the molecule is [2H]c1c([2H])c([2H])c(-c2ccccc2-n2c3ccccc3c3cc(-n4c5ccccc5c5c([2H])c([2H])c([2H])c([2H])c54)ccc32)c([2H])c1[2H]. The number of fused-ring (bicyclic) bond motifs is 6. The van der Waals surface area contributed by atoms with Gasteiger partial charge in [0.05, 0.1) is 40.1 Å². The van der Waals surface area contributed by atoms with Crippen molar-refractivity contribution in [3.05, 3.63) is 145 Å². The molecule has 2 nitrogen and oxygen atoms in total. The van der Waals surface area contributed by atoms with Gasteiger partial charge in [-0.05, 0) is 48.0 Å². The number of hydrogen-bond donors (Lipinski definition) is 0. The Bertz CT molecular complexity index is 2610. The van der Waals surface area contributed by atoms with Crippen LogP contribution in [0.15, 0.2) is 145 Å². The summed E-state index contributed by atoms with van der Waals surface area (Å²) in [6.07, 6.45) is 0. The van der Waals surface area contributed by atoms with Crippen molar-refractivity contribution in [2.45, 2.75) is 0 Å². The van der Waals surface area contributed by atoms with E-state index in [1.54, 1.807) is 12.1 Å². The van der Waals surface area contributed by atoms with Gasteiger partial charge in [0.2, 0.25) is 0 Å². The lowest BCUT2D eigenvalue weighted by atomic mass is 10.0. The topological polar surface area (TPSA) is 9.86 Å². The first-order chi connectivity index (χ1) is 22.6. The largest absolute Gasteiger partial charge is 0.309 e. The molecule has 0 aliphatic carbocycles. The van der Waals surface area contributed by atoms with E-state index in [2.05, 4.69) is 0 Å². The quantitative estimate of drug-likeness (QED) is 0.232. The van der Waals surface area contributed by atoms with Gasteiger partial charge in [0.15, 0.2) is 0 Å². The van der Waals surface area contributed by atoms with Crippen molar-refractivity contribution >= 4 is 43.6 Å². The van der Waals surface area contributed by atoms with E-state index < -0.39 is 18.1 Å². The number of aromatic nitrogens is 2. The number of para-hydroxylation sites is 4. The van der Waals surface area contributed by atoms with E-state index >= 15 is 0 Å². The van der Waals surface area contributed by atoms with Crippen molar-refractivity contribution in [2.75, 3.05) is 0 Å². The fraction of sp³-hybridized carbons (Fsp3) is 0. The van der Waals surface area contributed by atoms with Gasteiger partial charge in [0.25, 0.3) is 0 Å². The summed E-state index contributed by atoms with van der Waals surface area (Å²) in [6.45, 7) is 0. The zero-order valence-electron chi connectivity index (χ0n) is 29.1. The molecule has 0 fully saturated rings. The van der Waals surface area contributed by atoms with E-state index in [0.29, 0.717) is 22.2 Å². The van der Waals surface area contributed by atoms with Crippen molar-refractivity contribution in [3.63, 3.8) is 0 Å². The van der Waals surface area contributed by atoms with Crippen molar-refractivity contribution in [2.24, 2.45) is 0 Å². The van der Waals surface area contributed by atoms with E-state index in [4.69, 9.17) is 12.3 Å². The molecule has 0 saturated heterocycles. The average molecular weight is 494 g/mol. The Balaban J connectivity index is 1.46. The Morgan fingerprint density at radius 2 is 1.08 bits per heavy atom. The first-order valence-electron chi connectivity index (χ1n) is 16.8. The highest BCUT2D eigenvalue weighted by molar-refractivity contribution is 6.12. The maximum absolute atomic E-state index is 8.86. The number of nitrogens with zero attached hydrogens (tertiary/aromatic N) is 2. The van der Waals surface area contributed by atoms with E-state index in [9.17, 15) is 0 Å². The highest BCUT2D eigenvalue weighted by Crippen LogP contribution is 2.38. The third kappa shape index (κ3) is 3.01. The summed E-state index contributed by atoms with van der Waals surface area (Å²) >= 11 is 0. The molecule has 0 amide bonds. The molecule has 0 aliphatic heterocycles. The van der Waals surface area contributed by atoms with Crippen molar-refractivity contribution in [1.29, 1.82) is 0 Å². The molecule has 8 rings (SSSR count). The second kappa shape index (κ2) is 8.22. The Labute approximate surface area is 233 Å². The molecule has 0 aliphatic rings. The van der Waals surface area contributed by atoms with Crippen molar-refractivity contribution in [1.82, 2.24) is 9.13 Å². The third-order valence-electron chi connectivity index (χ3n) is 7.13. The lowest BCUT2D eigenvalue weighted by Gasteiger charge is -2.14. The molecule has 0 radical (unpaired) electrons. The summed E-state index contributed by atoms with van der Waals surface area (Å²) in [6, 6.07) is 26.0. The van der Waals surface area contributed by atoms with Crippen molar-refractivity contribution < 1.29 is 12.3 Å². The minimum atomic E-state index is -0.444. The van der Waals surface area contributed by atoms with Gasteiger partial charge in [0.1, 0.15) is 0 Å². The van der Waals surface area contributed by atoms with Crippen LogP contribution in [0.2, 0.25) is 0 Å². The van der Waals surface area contributed by atoms with Gasteiger partial charge in [-0.25, -0.2) is 0 Å². The van der Waals surface area contributed by atoms with E-state index in [-0.39, 0.29) is 41.8 Å². The first kappa shape index (κ1) is 14.0. The Kier molecular flexibility index (Phi) is 3.03. The van der Waals surface area contributed by atoms with Gasteiger partial charge in [0, 0.05) is 32.8 Å². The maximum Gasteiger partial charge on any atom is 0.0645 e. The molecule has 38 heavy (non-hydrogen) atoms. The second-order valence-corrected chi connectivity index (χ2v) is 9.15. The summed E-state index contributed by atoms with van der Waals surface area (Å²) in [7, 11) is 0. The average Bonchev–Trinajstić information content (AvgIpc) is 3.61. The molecular weight excluding hydrogens is 460 g/mol. The van der Waals surface area contributed by atoms with Crippen LogP contribution in [0.1, 0.15) is 12.3 Å². The molecular formula is C36H24N2. The fourth-order valence-electron chi connectivity index (χ4n) is 5.56. The number of hydrogen-bond acceptors (Lipinski definition) is 0. The molecule has 0 saturated carbocycles. The predicted octanol–water partition coefficient (Wildman–Crippen LogP) is 9.55. The summed E-state index contributed by atoms with van der Waals surface area (Å²) < 4.78 is 80.3. The van der Waals surface area contributed by atoms with Crippen LogP contribution in [0.4, 0.5) is 0 Å². The summed E-state index contributed by atoms with van der Waals surface area (Å²) in [5.41, 5.74) is 4.80. The van der Waals surface area contributed by atoms with Gasteiger partial charge < -0.3 is 9.13 Å². The monoisotopic (exact) mass is 493 g/mol. The van der Waals surface area contributed by atoms with Crippen LogP contribution < -0.4 is 0 Å². The lowest BCUT2D eigenvalue weighted by Crippen LogP contribution is -1.97. The zero-order valence-corrected chi connectivity index (χ0v) is 20.1. The molecule has 0 spiro atoms. The number of benzene rings is 6. The number of rotatable bonds is 3. The normalized spacial score (nSPS) is 15.0. The fourth-order valence-corrected chi connectivity index (χ4v) is 5.56. The standard InChI is InChI=1S/C36H24N2/c1-2-12-25(13-3-1)27-14-4-8-18-32(27)38-35-21-11-7-17-30(35)31-24-26(22-23-36(31)38)37-33-19-9-5-15-28(33)29-16-6-10-20-34(29)37/h1-24H/i1D,2D,3D,5D,9D,12D,13D,15D,19D. The van der Waals surface area contributed by atoms with Gasteiger partial charge in [-0.15, -0.1) is 0 Å². The molecule has 2 aromatic heterocycles. The molecule has 0 atom stereocenters. The molecule has 0 N–H and O–H groups in total. The van der Waals surface area contributed by atoms with E-state index in [0.717, 1.165) is 38.4 Å². The van der Waals surface area contributed by atoms with Crippen LogP contribution in [-0.2, 0) is 0 Å². The second-order valence-electron chi connectivity index (χ2n) is 9.15. The Morgan fingerprint density at radius 1 is 0.447 bits per heavy atom. The molecule has 0 bridgehead atoms.